The van der Waals surface area contributed by atoms with E-state index in [-0.39, 0.29) is 30.8 Å². The molecule has 0 aliphatic carbocycles. The van der Waals surface area contributed by atoms with Gasteiger partial charge in [-0.05, 0) is 37.6 Å². The standard InChI is InChI=1S/C26H31F5N8O2S/c1-36-7-9-37(10-8-36)14-17-11-20(27)24(21(28)12-17)38-15-22(33-16-38)23-19(26(29,30)31)13-32-25(35-23)34-18-3-5-39(6-4-18)42(2,40)41/h11-13,15-16,18H,3-10,14H2,1-2H3,(H,32,34,35). The smallest absolute Gasteiger partial charge is 0.351 e. The van der Waals surface area contributed by atoms with Crippen LogP contribution in [0.4, 0.5) is 27.9 Å². The number of piperazine rings is 1. The minimum atomic E-state index is -4.82. The van der Waals surface area contributed by atoms with Gasteiger partial charge in [-0.3, -0.25) is 4.90 Å². The highest BCUT2D eigenvalue weighted by Gasteiger charge is 2.36. The van der Waals surface area contributed by atoms with Gasteiger partial charge in [-0.25, -0.2) is 36.5 Å². The molecule has 1 aromatic carbocycles. The van der Waals surface area contributed by atoms with Crippen molar-refractivity contribution in [3.63, 3.8) is 0 Å². The second-order valence-corrected chi connectivity index (χ2v) is 12.7. The Kier molecular flexibility index (Phi) is 8.51. The van der Waals surface area contributed by atoms with Crippen molar-refractivity contribution in [3.05, 3.63) is 53.6 Å². The molecule has 2 aliphatic rings. The van der Waals surface area contributed by atoms with E-state index in [1.807, 2.05) is 7.05 Å². The van der Waals surface area contributed by atoms with Crippen molar-refractivity contribution in [1.29, 1.82) is 0 Å². The van der Waals surface area contributed by atoms with E-state index >= 15 is 8.78 Å². The zero-order chi connectivity index (χ0) is 30.2. The molecule has 0 unspecified atom stereocenters. The number of halogens is 5. The molecule has 2 fully saturated rings. The van der Waals surface area contributed by atoms with E-state index in [4.69, 9.17) is 0 Å². The first-order valence-corrected chi connectivity index (χ1v) is 15.2. The summed E-state index contributed by atoms with van der Waals surface area (Å²) in [6.45, 7) is 4.11. The van der Waals surface area contributed by atoms with Crippen LogP contribution in [0.25, 0.3) is 17.1 Å². The predicted octanol–water partition coefficient (Wildman–Crippen LogP) is 3.21. The van der Waals surface area contributed by atoms with Gasteiger partial charge in [0, 0.05) is 64.2 Å². The highest BCUT2D eigenvalue weighted by Crippen LogP contribution is 2.36. The van der Waals surface area contributed by atoms with Gasteiger partial charge in [0.05, 0.1) is 6.26 Å². The van der Waals surface area contributed by atoms with Crippen LogP contribution in [-0.4, -0.2) is 101 Å². The van der Waals surface area contributed by atoms with Crippen LogP contribution >= 0.6 is 0 Å². The molecule has 228 valence electrons. The first kappa shape index (κ1) is 30.3. The average Bonchev–Trinajstić information content (AvgIpc) is 3.38. The highest BCUT2D eigenvalue weighted by atomic mass is 32.2. The number of alkyl halides is 3. The summed E-state index contributed by atoms with van der Waals surface area (Å²) >= 11 is 0. The molecular weight excluding hydrogens is 583 g/mol. The number of nitrogens with zero attached hydrogens (tertiary/aromatic N) is 7. The third-order valence-electron chi connectivity index (χ3n) is 7.51. The first-order valence-electron chi connectivity index (χ1n) is 13.4. The van der Waals surface area contributed by atoms with Gasteiger partial charge in [-0.2, -0.15) is 13.2 Å². The lowest BCUT2D eigenvalue weighted by atomic mass is 10.1. The molecule has 4 heterocycles. The quantitative estimate of drug-likeness (QED) is 0.406. The number of hydrogen-bond acceptors (Lipinski definition) is 8. The zero-order valence-electron chi connectivity index (χ0n) is 23.1. The van der Waals surface area contributed by atoms with E-state index in [1.165, 1.54) is 16.4 Å². The third-order valence-corrected chi connectivity index (χ3v) is 8.82. The molecule has 0 saturated carbocycles. The fourth-order valence-corrected chi connectivity index (χ4v) is 6.03. The van der Waals surface area contributed by atoms with Crippen molar-refractivity contribution in [2.75, 3.05) is 57.9 Å². The number of imidazole rings is 1. The Morgan fingerprint density at radius 3 is 2.24 bits per heavy atom. The van der Waals surface area contributed by atoms with Gasteiger partial charge in [0.1, 0.15) is 29.0 Å². The van der Waals surface area contributed by atoms with E-state index in [9.17, 15) is 21.6 Å². The van der Waals surface area contributed by atoms with Crippen LogP contribution in [0.5, 0.6) is 0 Å². The van der Waals surface area contributed by atoms with Crippen LogP contribution in [0.1, 0.15) is 24.0 Å². The molecule has 2 saturated heterocycles. The fraction of sp³-hybridized carbons (Fsp3) is 0.500. The van der Waals surface area contributed by atoms with Crippen molar-refractivity contribution in [3.8, 4) is 17.1 Å². The molecule has 16 heteroatoms. The minimum absolute atomic E-state index is 0.101. The van der Waals surface area contributed by atoms with Crippen molar-refractivity contribution < 1.29 is 30.4 Å². The number of likely N-dealkylation sites (N-methyl/N-ethyl adjacent to an activating group) is 1. The van der Waals surface area contributed by atoms with E-state index in [2.05, 4.69) is 30.1 Å². The van der Waals surface area contributed by atoms with Gasteiger partial charge in [0.15, 0.2) is 11.6 Å². The summed E-state index contributed by atoms with van der Waals surface area (Å²) in [5, 5.41) is 2.97. The lowest BCUT2D eigenvalue weighted by Crippen LogP contribution is -2.43. The molecule has 10 nitrogen and oxygen atoms in total. The molecule has 0 spiro atoms. The normalized spacial score (nSPS) is 18.5. The molecule has 3 aromatic rings. The van der Waals surface area contributed by atoms with E-state index < -0.39 is 44.8 Å². The van der Waals surface area contributed by atoms with Crippen LogP contribution in [0.3, 0.4) is 0 Å². The SMILES string of the molecule is CN1CCN(Cc2cc(F)c(-n3cnc(-c4nc(NC5CCN(S(C)(=O)=O)CC5)ncc4C(F)(F)F)c3)c(F)c2)CC1. The van der Waals surface area contributed by atoms with E-state index in [0.29, 0.717) is 31.1 Å². The summed E-state index contributed by atoms with van der Waals surface area (Å²) in [6, 6.07) is 2.18. The fourth-order valence-electron chi connectivity index (χ4n) is 5.16. The van der Waals surface area contributed by atoms with E-state index in [0.717, 1.165) is 49.5 Å². The molecule has 0 amide bonds. The summed E-state index contributed by atoms with van der Waals surface area (Å²) in [5.74, 6) is -1.84. The summed E-state index contributed by atoms with van der Waals surface area (Å²) < 4.78 is 97.7. The second-order valence-electron chi connectivity index (χ2n) is 10.7. The van der Waals surface area contributed by atoms with Gasteiger partial charge in [0.2, 0.25) is 16.0 Å². The molecule has 1 N–H and O–H groups in total. The lowest BCUT2D eigenvalue weighted by molar-refractivity contribution is -0.137. The lowest BCUT2D eigenvalue weighted by Gasteiger charge is -2.32. The Morgan fingerprint density at radius 2 is 1.64 bits per heavy atom. The number of rotatable bonds is 7. The maximum Gasteiger partial charge on any atom is 0.420 e. The number of piperidine rings is 1. The molecule has 5 rings (SSSR count). The summed E-state index contributed by atoms with van der Waals surface area (Å²) in [6.07, 6.45) is -0.133. The average molecular weight is 615 g/mol. The maximum absolute atomic E-state index is 15.1. The number of aromatic nitrogens is 4. The molecular formula is C26H31F5N8O2S. The van der Waals surface area contributed by atoms with E-state index in [1.54, 1.807) is 0 Å². The number of nitrogens with one attached hydrogen (secondary N) is 1. The Bertz CT molecular complexity index is 1510. The van der Waals surface area contributed by atoms with Gasteiger partial charge in [0.25, 0.3) is 0 Å². The van der Waals surface area contributed by atoms with Crippen molar-refractivity contribution >= 4 is 16.0 Å². The summed E-state index contributed by atoms with van der Waals surface area (Å²) in [7, 11) is -1.34. The predicted molar refractivity (Wildman–Crippen MR) is 145 cm³/mol. The molecule has 0 radical (unpaired) electrons. The van der Waals surface area contributed by atoms with Gasteiger partial charge < -0.3 is 14.8 Å². The highest BCUT2D eigenvalue weighted by molar-refractivity contribution is 7.88. The van der Waals surface area contributed by atoms with Crippen LogP contribution < -0.4 is 5.32 Å². The second kappa shape index (κ2) is 11.8. The van der Waals surface area contributed by atoms with Crippen LogP contribution in [0.15, 0.2) is 30.9 Å². The maximum atomic E-state index is 15.1. The Labute approximate surface area is 240 Å². The summed E-state index contributed by atoms with van der Waals surface area (Å²) in [5.41, 5.74) is -1.98. The molecule has 0 bridgehead atoms. The molecule has 2 aliphatic heterocycles. The topological polar surface area (TPSA) is 99.5 Å². The van der Waals surface area contributed by atoms with Crippen molar-refractivity contribution in [1.82, 2.24) is 33.6 Å². The zero-order valence-corrected chi connectivity index (χ0v) is 23.9. The first-order chi connectivity index (χ1) is 19.8. The molecule has 42 heavy (non-hydrogen) atoms. The van der Waals surface area contributed by atoms with Crippen LogP contribution in [-0.2, 0) is 22.7 Å². The monoisotopic (exact) mass is 614 g/mol. The van der Waals surface area contributed by atoms with Crippen LogP contribution in [0, 0.1) is 11.6 Å². The Morgan fingerprint density at radius 1 is 1.00 bits per heavy atom. The van der Waals surface area contributed by atoms with Gasteiger partial charge in [-0.15, -0.1) is 0 Å². The van der Waals surface area contributed by atoms with Crippen molar-refractivity contribution in [2.24, 2.45) is 0 Å². The number of hydrogen-bond donors (Lipinski definition) is 1. The molecule has 0 atom stereocenters. The van der Waals surface area contributed by atoms with Gasteiger partial charge >= 0.3 is 6.18 Å². The number of benzene rings is 1. The van der Waals surface area contributed by atoms with Gasteiger partial charge in [-0.1, -0.05) is 0 Å². The molecule has 2 aromatic heterocycles. The number of sulfonamides is 1. The Hall–Kier alpha value is -3.21. The van der Waals surface area contributed by atoms with Crippen molar-refractivity contribution in [2.45, 2.75) is 31.6 Å². The largest absolute Gasteiger partial charge is 0.420 e. The number of anilines is 1. The minimum Gasteiger partial charge on any atom is -0.351 e. The van der Waals surface area contributed by atoms with Crippen LogP contribution in [0.2, 0.25) is 0 Å². The Balaban J connectivity index is 1.38. The third kappa shape index (κ3) is 6.88. The summed E-state index contributed by atoms with van der Waals surface area (Å²) in [4.78, 5) is 16.1.